The molecule has 2 aromatic rings. The number of likely N-dealkylation sites (tertiary alicyclic amines) is 1. The van der Waals surface area contributed by atoms with Gasteiger partial charge in [-0.15, -0.1) is 11.3 Å². The van der Waals surface area contributed by atoms with Crippen molar-refractivity contribution in [2.24, 2.45) is 0 Å². The second-order valence-electron chi connectivity index (χ2n) is 4.89. The maximum Gasteiger partial charge on any atom is 0.264 e. The lowest BCUT2D eigenvalue weighted by Gasteiger charge is -2.22. The van der Waals surface area contributed by atoms with Gasteiger partial charge >= 0.3 is 0 Å². The van der Waals surface area contributed by atoms with E-state index in [-0.39, 0.29) is 18.6 Å². The van der Waals surface area contributed by atoms with Crippen LogP contribution in [0.3, 0.4) is 0 Å². The van der Waals surface area contributed by atoms with E-state index in [9.17, 15) is 9.90 Å². The van der Waals surface area contributed by atoms with Crippen LogP contribution in [0.25, 0.3) is 10.1 Å². The molecular formula is C14H16N2O2S. The van der Waals surface area contributed by atoms with Crippen molar-refractivity contribution in [1.82, 2.24) is 4.90 Å². The Hall–Kier alpha value is -1.59. The fourth-order valence-electron chi connectivity index (χ4n) is 2.60. The lowest BCUT2D eigenvalue weighted by atomic mass is 10.2. The smallest absolute Gasteiger partial charge is 0.264 e. The van der Waals surface area contributed by atoms with E-state index in [1.807, 2.05) is 24.3 Å². The number of carbonyl (C=O) groups is 1. The maximum absolute atomic E-state index is 12.5. The van der Waals surface area contributed by atoms with Crippen molar-refractivity contribution < 1.29 is 9.90 Å². The number of amides is 1. The van der Waals surface area contributed by atoms with Gasteiger partial charge in [0.1, 0.15) is 0 Å². The SMILES string of the molecule is Nc1ccc2sc(C(=O)N3CCCC3CO)cc2c1. The number of hydrogen-bond donors (Lipinski definition) is 2. The summed E-state index contributed by atoms with van der Waals surface area (Å²) in [6.07, 6.45) is 1.86. The molecule has 100 valence electrons. The van der Waals surface area contributed by atoms with E-state index in [4.69, 9.17) is 5.73 Å². The van der Waals surface area contributed by atoms with Crippen molar-refractivity contribution in [3.8, 4) is 0 Å². The minimum Gasteiger partial charge on any atom is -0.399 e. The highest BCUT2D eigenvalue weighted by Gasteiger charge is 2.29. The van der Waals surface area contributed by atoms with Crippen molar-refractivity contribution in [1.29, 1.82) is 0 Å². The fraction of sp³-hybridized carbons (Fsp3) is 0.357. The van der Waals surface area contributed by atoms with Gasteiger partial charge in [0, 0.05) is 16.9 Å². The van der Waals surface area contributed by atoms with Gasteiger partial charge in [0.15, 0.2) is 0 Å². The lowest BCUT2D eigenvalue weighted by Crippen LogP contribution is -2.37. The normalized spacial score (nSPS) is 19.2. The molecule has 0 spiro atoms. The second-order valence-corrected chi connectivity index (χ2v) is 5.97. The van der Waals surface area contributed by atoms with E-state index in [1.165, 1.54) is 11.3 Å². The molecule has 4 nitrogen and oxygen atoms in total. The van der Waals surface area contributed by atoms with Crippen molar-refractivity contribution in [3.05, 3.63) is 29.1 Å². The van der Waals surface area contributed by atoms with Crippen molar-refractivity contribution in [2.45, 2.75) is 18.9 Å². The van der Waals surface area contributed by atoms with Crippen LogP contribution in [0.15, 0.2) is 24.3 Å². The van der Waals surface area contributed by atoms with Crippen molar-refractivity contribution in [2.75, 3.05) is 18.9 Å². The van der Waals surface area contributed by atoms with Crippen LogP contribution in [0.2, 0.25) is 0 Å². The van der Waals surface area contributed by atoms with E-state index < -0.39 is 0 Å². The second kappa shape index (κ2) is 4.83. The molecule has 1 unspecified atom stereocenters. The van der Waals surface area contributed by atoms with Crippen LogP contribution >= 0.6 is 11.3 Å². The summed E-state index contributed by atoms with van der Waals surface area (Å²) >= 11 is 1.49. The minimum absolute atomic E-state index is 0.0244. The largest absolute Gasteiger partial charge is 0.399 e. The number of benzene rings is 1. The molecule has 0 bridgehead atoms. The third-order valence-corrected chi connectivity index (χ3v) is 4.70. The highest BCUT2D eigenvalue weighted by Crippen LogP contribution is 2.30. The van der Waals surface area contributed by atoms with Gasteiger partial charge < -0.3 is 15.7 Å². The molecule has 19 heavy (non-hydrogen) atoms. The Balaban J connectivity index is 1.93. The predicted octanol–water partition coefficient (Wildman–Crippen LogP) is 2.08. The monoisotopic (exact) mass is 276 g/mol. The Morgan fingerprint density at radius 1 is 1.47 bits per heavy atom. The van der Waals surface area contributed by atoms with E-state index in [1.54, 1.807) is 4.90 Å². The molecule has 1 aliphatic heterocycles. The van der Waals surface area contributed by atoms with Crippen LogP contribution in [-0.2, 0) is 0 Å². The minimum atomic E-state index is -0.0252. The number of anilines is 1. The number of nitrogens with zero attached hydrogens (tertiary/aromatic N) is 1. The predicted molar refractivity (Wildman–Crippen MR) is 77.4 cm³/mol. The van der Waals surface area contributed by atoms with Gasteiger partial charge in [0.2, 0.25) is 0 Å². The van der Waals surface area contributed by atoms with E-state index in [0.717, 1.165) is 34.3 Å². The molecule has 2 heterocycles. The molecule has 1 aromatic carbocycles. The molecule has 1 atom stereocenters. The summed E-state index contributed by atoms with van der Waals surface area (Å²) in [5.41, 5.74) is 6.46. The number of aliphatic hydroxyl groups excluding tert-OH is 1. The Kier molecular flexibility index (Phi) is 3.16. The van der Waals surface area contributed by atoms with Crippen LogP contribution in [-0.4, -0.2) is 35.1 Å². The lowest BCUT2D eigenvalue weighted by molar-refractivity contribution is 0.0682. The van der Waals surface area contributed by atoms with Gasteiger partial charge in [-0.05, 0) is 42.5 Å². The molecule has 3 rings (SSSR count). The standard InChI is InChI=1S/C14H16N2O2S/c15-10-3-4-12-9(6-10)7-13(19-12)14(18)16-5-1-2-11(16)8-17/h3-4,6-7,11,17H,1-2,5,8,15H2. The van der Waals surface area contributed by atoms with Crippen LogP contribution in [0.1, 0.15) is 22.5 Å². The zero-order chi connectivity index (χ0) is 13.4. The Morgan fingerprint density at radius 2 is 2.32 bits per heavy atom. The number of carbonyl (C=O) groups excluding carboxylic acids is 1. The molecule has 1 saturated heterocycles. The zero-order valence-corrected chi connectivity index (χ0v) is 11.3. The molecule has 3 N–H and O–H groups in total. The van der Waals surface area contributed by atoms with Gasteiger partial charge in [-0.1, -0.05) is 0 Å². The number of nitrogen functional groups attached to an aromatic ring is 1. The fourth-order valence-corrected chi connectivity index (χ4v) is 3.60. The molecule has 0 aliphatic carbocycles. The summed E-state index contributed by atoms with van der Waals surface area (Å²) in [5, 5.41) is 10.3. The van der Waals surface area contributed by atoms with Gasteiger partial charge in [0.05, 0.1) is 17.5 Å². The first-order chi connectivity index (χ1) is 9.19. The number of nitrogens with two attached hydrogens (primary N) is 1. The molecular weight excluding hydrogens is 260 g/mol. The van der Waals surface area contributed by atoms with Crippen molar-refractivity contribution >= 4 is 33.0 Å². The van der Waals surface area contributed by atoms with Gasteiger partial charge in [0.25, 0.3) is 5.91 Å². The molecule has 1 amide bonds. The highest BCUT2D eigenvalue weighted by molar-refractivity contribution is 7.20. The number of hydrogen-bond acceptors (Lipinski definition) is 4. The highest BCUT2D eigenvalue weighted by atomic mass is 32.1. The first-order valence-corrected chi connectivity index (χ1v) is 7.21. The maximum atomic E-state index is 12.5. The van der Waals surface area contributed by atoms with Gasteiger partial charge in [-0.2, -0.15) is 0 Å². The number of fused-ring (bicyclic) bond motifs is 1. The topological polar surface area (TPSA) is 66.6 Å². The number of thiophene rings is 1. The average molecular weight is 276 g/mol. The number of aliphatic hydroxyl groups is 1. The molecule has 1 aromatic heterocycles. The van der Waals surface area contributed by atoms with E-state index in [0.29, 0.717) is 5.69 Å². The summed E-state index contributed by atoms with van der Waals surface area (Å²) in [4.78, 5) is 15.0. The van der Waals surface area contributed by atoms with Crippen LogP contribution < -0.4 is 5.73 Å². The van der Waals surface area contributed by atoms with Crippen LogP contribution in [0.4, 0.5) is 5.69 Å². The summed E-state index contributed by atoms with van der Waals surface area (Å²) in [5.74, 6) is 0.0244. The van der Waals surface area contributed by atoms with E-state index >= 15 is 0 Å². The molecule has 1 fully saturated rings. The van der Waals surface area contributed by atoms with Gasteiger partial charge in [-0.25, -0.2) is 0 Å². The molecule has 5 heteroatoms. The summed E-state index contributed by atoms with van der Waals surface area (Å²) in [6, 6.07) is 7.54. The molecule has 0 radical (unpaired) electrons. The van der Waals surface area contributed by atoms with Crippen LogP contribution in [0.5, 0.6) is 0 Å². The third kappa shape index (κ3) is 2.19. The summed E-state index contributed by atoms with van der Waals surface area (Å²) in [7, 11) is 0. The van der Waals surface area contributed by atoms with E-state index in [2.05, 4.69) is 0 Å². The average Bonchev–Trinajstić information content (AvgIpc) is 3.03. The summed E-state index contributed by atoms with van der Waals surface area (Å²) < 4.78 is 1.07. The zero-order valence-electron chi connectivity index (χ0n) is 10.5. The summed E-state index contributed by atoms with van der Waals surface area (Å²) in [6.45, 7) is 0.782. The first kappa shape index (κ1) is 12.4. The molecule has 1 aliphatic rings. The van der Waals surface area contributed by atoms with Crippen LogP contribution in [0, 0.1) is 0 Å². The van der Waals surface area contributed by atoms with Crippen molar-refractivity contribution in [3.63, 3.8) is 0 Å². The quantitative estimate of drug-likeness (QED) is 0.825. The molecule has 0 saturated carbocycles. The first-order valence-electron chi connectivity index (χ1n) is 6.40. The van der Waals surface area contributed by atoms with Gasteiger partial charge in [-0.3, -0.25) is 4.79 Å². The number of rotatable bonds is 2. The third-order valence-electron chi connectivity index (χ3n) is 3.60. The Morgan fingerprint density at radius 3 is 3.11 bits per heavy atom. The Bertz CT molecular complexity index is 623. The Labute approximate surface area is 115 Å².